The van der Waals surface area contributed by atoms with Gasteiger partial charge in [0, 0.05) is 30.8 Å². The number of carbonyl (C=O) groups excluding carboxylic acids is 2. The van der Waals surface area contributed by atoms with Crippen molar-refractivity contribution in [2.45, 2.75) is 39.8 Å². The van der Waals surface area contributed by atoms with E-state index in [2.05, 4.69) is 19.2 Å². The van der Waals surface area contributed by atoms with E-state index >= 15 is 0 Å². The lowest BCUT2D eigenvalue weighted by Crippen LogP contribution is -2.37. The summed E-state index contributed by atoms with van der Waals surface area (Å²) in [6.45, 7) is 6.19. The maximum absolute atomic E-state index is 12.9. The fourth-order valence-electron chi connectivity index (χ4n) is 2.49. The summed E-state index contributed by atoms with van der Waals surface area (Å²) in [5.74, 6) is -0.123. The maximum atomic E-state index is 12.9. The van der Waals surface area contributed by atoms with E-state index in [1.54, 1.807) is 24.3 Å². The van der Waals surface area contributed by atoms with E-state index in [4.69, 9.17) is 0 Å². The molecular formula is C20H24N2O2. The lowest BCUT2D eigenvalue weighted by Gasteiger charge is -2.29. The molecule has 1 unspecified atom stereocenters. The zero-order valence-electron chi connectivity index (χ0n) is 14.5. The van der Waals surface area contributed by atoms with Gasteiger partial charge in [0.2, 0.25) is 5.91 Å². The third-order valence-corrected chi connectivity index (χ3v) is 4.03. The molecule has 0 radical (unpaired) electrons. The zero-order chi connectivity index (χ0) is 17.5. The molecular weight excluding hydrogens is 300 g/mol. The molecule has 0 bridgehead atoms. The Morgan fingerprint density at radius 3 is 2.21 bits per heavy atom. The van der Waals surface area contributed by atoms with E-state index in [9.17, 15) is 9.59 Å². The molecule has 0 fully saturated rings. The van der Waals surface area contributed by atoms with Crippen LogP contribution < -0.4 is 5.32 Å². The highest BCUT2D eigenvalue weighted by molar-refractivity contribution is 5.95. The Morgan fingerprint density at radius 1 is 1.04 bits per heavy atom. The van der Waals surface area contributed by atoms with Crippen molar-refractivity contribution in [3.63, 3.8) is 0 Å². The van der Waals surface area contributed by atoms with E-state index in [1.165, 1.54) is 6.92 Å². The Kier molecular flexibility index (Phi) is 6.13. The van der Waals surface area contributed by atoms with Gasteiger partial charge in [-0.2, -0.15) is 0 Å². The Hall–Kier alpha value is -2.62. The lowest BCUT2D eigenvalue weighted by molar-refractivity contribution is -0.114. The Labute approximate surface area is 143 Å². The highest BCUT2D eigenvalue weighted by atomic mass is 16.2. The van der Waals surface area contributed by atoms with E-state index in [-0.39, 0.29) is 17.9 Å². The normalized spacial score (nSPS) is 11.6. The first-order chi connectivity index (χ1) is 11.5. The van der Waals surface area contributed by atoms with E-state index < -0.39 is 0 Å². The smallest absolute Gasteiger partial charge is 0.254 e. The average molecular weight is 324 g/mol. The second-order valence-corrected chi connectivity index (χ2v) is 5.93. The van der Waals surface area contributed by atoms with Gasteiger partial charge in [0.1, 0.15) is 0 Å². The van der Waals surface area contributed by atoms with Crippen LogP contribution in [-0.2, 0) is 11.3 Å². The number of hydrogen-bond acceptors (Lipinski definition) is 2. The van der Waals surface area contributed by atoms with Gasteiger partial charge in [0.05, 0.1) is 0 Å². The summed E-state index contributed by atoms with van der Waals surface area (Å²) < 4.78 is 0. The molecule has 0 aliphatic rings. The number of carbonyl (C=O) groups is 2. The number of nitrogens with zero attached hydrogens (tertiary/aromatic N) is 1. The highest BCUT2D eigenvalue weighted by Gasteiger charge is 2.20. The first kappa shape index (κ1) is 17.7. The molecule has 0 heterocycles. The van der Waals surface area contributed by atoms with Crippen LogP contribution in [0.2, 0.25) is 0 Å². The summed E-state index contributed by atoms with van der Waals surface area (Å²) in [6.07, 6.45) is 0.891. The molecule has 4 heteroatoms. The number of nitrogens with one attached hydrogen (secondary N) is 1. The molecule has 24 heavy (non-hydrogen) atoms. The SMILES string of the molecule is CCC(C)N(Cc1ccccc1)C(=O)c1ccc(NC(C)=O)cc1. The number of rotatable bonds is 6. The van der Waals surface area contributed by atoms with Gasteiger partial charge in [-0.3, -0.25) is 9.59 Å². The summed E-state index contributed by atoms with van der Waals surface area (Å²) in [5, 5.41) is 2.71. The van der Waals surface area contributed by atoms with Gasteiger partial charge in [-0.1, -0.05) is 37.3 Å². The largest absolute Gasteiger partial charge is 0.332 e. The first-order valence-electron chi connectivity index (χ1n) is 8.23. The minimum absolute atomic E-state index is 0.00239. The Balaban J connectivity index is 2.19. The van der Waals surface area contributed by atoms with Crippen LogP contribution in [0.25, 0.3) is 0 Å². The van der Waals surface area contributed by atoms with Gasteiger partial charge in [0.15, 0.2) is 0 Å². The van der Waals surface area contributed by atoms with Crippen LogP contribution in [0.1, 0.15) is 43.1 Å². The van der Waals surface area contributed by atoms with Crippen molar-refractivity contribution in [1.82, 2.24) is 4.90 Å². The van der Waals surface area contributed by atoms with Crippen LogP contribution in [0.5, 0.6) is 0 Å². The second kappa shape index (κ2) is 8.29. The topological polar surface area (TPSA) is 49.4 Å². The summed E-state index contributed by atoms with van der Waals surface area (Å²) in [5.41, 5.74) is 2.43. The predicted molar refractivity (Wildman–Crippen MR) is 96.8 cm³/mol. The summed E-state index contributed by atoms with van der Waals surface area (Å²) >= 11 is 0. The van der Waals surface area contributed by atoms with Crippen LogP contribution in [0, 0.1) is 0 Å². The van der Waals surface area contributed by atoms with Crippen molar-refractivity contribution in [3.8, 4) is 0 Å². The van der Waals surface area contributed by atoms with Crippen molar-refractivity contribution in [2.24, 2.45) is 0 Å². The van der Waals surface area contributed by atoms with Gasteiger partial charge >= 0.3 is 0 Å². The zero-order valence-corrected chi connectivity index (χ0v) is 14.5. The molecule has 1 atom stereocenters. The lowest BCUT2D eigenvalue weighted by atomic mass is 10.1. The van der Waals surface area contributed by atoms with Gasteiger partial charge in [-0.05, 0) is 43.2 Å². The monoisotopic (exact) mass is 324 g/mol. The van der Waals surface area contributed by atoms with Crippen molar-refractivity contribution in [3.05, 3.63) is 65.7 Å². The van der Waals surface area contributed by atoms with Crippen LogP contribution in [0.15, 0.2) is 54.6 Å². The number of benzene rings is 2. The van der Waals surface area contributed by atoms with Gasteiger partial charge in [0.25, 0.3) is 5.91 Å². The number of anilines is 1. The quantitative estimate of drug-likeness (QED) is 0.870. The maximum Gasteiger partial charge on any atom is 0.254 e. The van der Waals surface area contributed by atoms with Crippen molar-refractivity contribution in [1.29, 1.82) is 0 Å². The molecule has 4 nitrogen and oxygen atoms in total. The average Bonchev–Trinajstić information content (AvgIpc) is 2.59. The summed E-state index contributed by atoms with van der Waals surface area (Å²) in [4.78, 5) is 25.9. The molecule has 0 spiro atoms. The van der Waals surface area contributed by atoms with E-state index in [0.717, 1.165) is 12.0 Å². The third-order valence-electron chi connectivity index (χ3n) is 4.03. The Morgan fingerprint density at radius 2 is 1.67 bits per heavy atom. The predicted octanol–water partition coefficient (Wildman–Crippen LogP) is 4.09. The van der Waals surface area contributed by atoms with Crippen molar-refractivity contribution in [2.75, 3.05) is 5.32 Å². The fourth-order valence-corrected chi connectivity index (χ4v) is 2.49. The molecule has 1 N–H and O–H groups in total. The van der Waals surface area contributed by atoms with Crippen LogP contribution in [-0.4, -0.2) is 22.8 Å². The van der Waals surface area contributed by atoms with Crippen molar-refractivity contribution < 1.29 is 9.59 Å². The molecule has 0 aliphatic heterocycles. The molecule has 0 saturated carbocycles. The number of amides is 2. The summed E-state index contributed by atoms with van der Waals surface area (Å²) in [7, 11) is 0. The molecule has 126 valence electrons. The van der Waals surface area contributed by atoms with Gasteiger partial charge in [-0.15, -0.1) is 0 Å². The van der Waals surface area contributed by atoms with Crippen LogP contribution in [0.4, 0.5) is 5.69 Å². The summed E-state index contributed by atoms with van der Waals surface area (Å²) in [6, 6.07) is 17.2. The third kappa shape index (κ3) is 4.69. The fraction of sp³-hybridized carbons (Fsp3) is 0.300. The minimum Gasteiger partial charge on any atom is -0.332 e. The molecule has 0 saturated heterocycles. The van der Waals surface area contributed by atoms with E-state index in [0.29, 0.717) is 17.8 Å². The molecule has 2 rings (SSSR count). The molecule has 0 aromatic heterocycles. The van der Waals surface area contributed by atoms with Gasteiger partial charge < -0.3 is 10.2 Å². The van der Waals surface area contributed by atoms with Crippen LogP contribution >= 0.6 is 0 Å². The molecule has 2 aromatic rings. The van der Waals surface area contributed by atoms with E-state index in [1.807, 2.05) is 35.2 Å². The first-order valence-corrected chi connectivity index (χ1v) is 8.23. The van der Waals surface area contributed by atoms with Crippen LogP contribution in [0.3, 0.4) is 0 Å². The Bertz CT molecular complexity index is 681. The molecule has 2 aromatic carbocycles. The highest BCUT2D eigenvalue weighted by Crippen LogP contribution is 2.17. The van der Waals surface area contributed by atoms with Crippen molar-refractivity contribution >= 4 is 17.5 Å². The standard InChI is InChI=1S/C20H24N2O2/c1-4-15(2)22(14-17-8-6-5-7-9-17)20(24)18-10-12-19(13-11-18)21-16(3)23/h5-13,15H,4,14H2,1-3H3,(H,21,23). The van der Waals surface area contributed by atoms with Gasteiger partial charge in [-0.25, -0.2) is 0 Å². The molecule has 2 amide bonds. The number of hydrogen-bond donors (Lipinski definition) is 1. The molecule has 0 aliphatic carbocycles. The minimum atomic E-state index is -0.126. The second-order valence-electron chi connectivity index (χ2n) is 5.93.